The van der Waals surface area contributed by atoms with Crippen molar-refractivity contribution in [3.05, 3.63) is 0 Å². The van der Waals surface area contributed by atoms with Gasteiger partial charge < -0.3 is 14.2 Å². The molecule has 2 fully saturated rings. The number of hydrogen-bond donors (Lipinski definition) is 0. The van der Waals surface area contributed by atoms with Gasteiger partial charge in [-0.1, -0.05) is 0 Å². The zero-order valence-corrected chi connectivity index (χ0v) is 5.62. The van der Waals surface area contributed by atoms with Gasteiger partial charge in [-0.2, -0.15) is 0 Å². The van der Waals surface area contributed by atoms with Gasteiger partial charge in [0.15, 0.2) is 11.7 Å². The molecular formula is C6H8O4. The molecule has 0 saturated carbocycles. The van der Waals surface area contributed by atoms with E-state index >= 15 is 0 Å². The first-order chi connectivity index (χ1) is 4.71. The maximum absolute atomic E-state index is 10.6. The van der Waals surface area contributed by atoms with Gasteiger partial charge in [-0.25, -0.2) is 4.79 Å². The van der Waals surface area contributed by atoms with Crippen molar-refractivity contribution in [3.8, 4) is 0 Å². The second-order valence-corrected chi connectivity index (χ2v) is 2.79. The van der Waals surface area contributed by atoms with Crippen LogP contribution in [0.15, 0.2) is 0 Å². The smallest absolute Gasteiger partial charge is 0.424 e. The van der Waals surface area contributed by atoms with Crippen molar-refractivity contribution in [2.45, 2.75) is 18.6 Å². The first kappa shape index (κ1) is 5.97. The molecule has 0 spiro atoms. The van der Waals surface area contributed by atoms with Gasteiger partial charge in [-0.05, 0) is 6.92 Å². The van der Waals surface area contributed by atoms with E-state index in [1.165, 1.54) is 0 Å². The third-order valence-electron chi connectivity index (χ3n) is 1.89. The second-order valence-electron chi connectivity index (χ2n) is 2.79. The third-order valence-corrected chi connectivity index (χ3v) is 1.89. The Bertz CT molecular complexity index is 179. The van der Waals surface area contributed by atoms with E-state index in [9.17, 15) is 4.79 Å². The van der Waals surface area contributed by atoms with Crippen LogP contribution in [0.3, 0.4) is 0 Å². The molecule has 4 nitrogen and oxygen atoms in total. The van der Waals surface area contributed by atoms with E-state index in [2.05, 4.69) is 0 Å². The highest BCUT2D eigenvalue weighted by Gasteiger charge is 2.52. The molecule has 2 aliphatic heterocycles. The molecule has 0 bridgehead atoms. The van der Waals surface area contributed by atoms with Crippen molar-refractivity contribution >= 4 is 6.16 Å². The Balaban J connectivity index is 2.22. The van der Waals surface area contributed by atoms with Crippen LogP contribution in [-0.2, 0) is 14.2 Å². The lowest BCUT2D eigenvalue weighted by Gasteiger charge is -2.14. The fraction of sp³-hybridized carbons (Fsp3) is 0.833. The van der Waals surface area contributed by atoms with Gasteiger partial charge in [0.05, 0.1) is 13.2 Å². The first-order valence-electron chi connectivity index (χ1n) is 3.18. The Morgan fingerprint density at radius 3 is 3.20 bits per heavy atom. The van der Waals surface area contributed by atoms with Crippen molar-refractivity contribution in [1.29, 1.82) is 0 Å². The van der Waals surface area contributed by atoms with E-state index in [1.54, 1.807) is 0 Å². The van der Waals surface area contributed by atoms with Gasteiger partial charge in [-0.3, -0.25) is 0 Å². The molecule has 10 heavy (non-hydrogen) atoms. The Morgan fingerprint density at radius 2 is 2.50 bits per heavy atom. The summed E-state index contributed by atoms with van der Waals surface area (Å²) in [6.07, 6.45) is -0.768. The van der Waals surface area contributed by atoms with Crippen LogP contribution in [-0.4, -0.2) is 31.1 Å². The normalized spacial score (nSPS) is 44.5. The molecular weight excluding hydrogens is 136 g/mol. The van der Waals surface area contributed by atoms with E-state index in [-0.39, 0.29) is 6.10 Å². The van der Waals surface area contributed by atoms with Crippen LogP contribution in [0.5, 0.6) is 0 Å². The lowest BCUT2D eigenvalue weighted by molar-refractivity contribution is 0.0348. The van der Waals surface area contributed by atoms with Crippen LogP contribution in [0.25, 0.3) is 0 Å². The van der Waals surface area contributed by atoms with Crippen molar-refractivity contribution in [1.82, 2.24) is 0 Å². The average Bonchev–Trinajstić information content (AvgIpc) is 2.20. The lowest BCUT2D eigenvalue weighted by Crippen LogP contribution is -2.34. The summed E-state index contributed by atoms with van der Waals surface area (Å²) in [5.41, 5.74) is -0.517. The van der Waals surface area contributed by atoms with Crippen LogP contribution in [0, 0.1) is 0 Å². The minimum Gasteiger partial charge on any atom is -0.424 e. The second kappa shape index (κ2) is 1.63. The first-order valence-corrected chi connectivity index (χ1v) is 3.18. The fourth-order valence-corrected chi connectivity index (χ4v) is 1.22. The summed E-state index contributed by atoms with van der Waals surface area (Å²) in [5, 5.41) is 0. The molecule has 0 amide bonds. The number of carbonyl (C=O) groups excluding carboxylic acids is 1. The average molecular weight is 144 g/mol. The zero-order valence-electron chi connectivity index (χ0n) is 5.62. The van der Waals surface area contributed by atoms with Gasteiger partial charge in [0.1, 0.15) is 0 Å². The maximum atomic E-state index is 10.6. The Morgan fingerprint density at radius 1 is 1.70 bits per heavy atom. The van der Waals surface area contributed by atoms with E-state index in [1.807, 2.05) is 6.92 Å². The molecule has 0 aromatic carbocycles. The molecule has 56 valence electrons. The molecule has 0 aliphatic carbocycles. The molecule has 4 heteroatoms. The quantitative estimate of drug-likeness (QED) is 0.459. The van der Waals surface area contributed by atoms with Gasteiger partial charge in [0.2, 0.25) is 0 Å². The van der Waals surface area contributed by atoms with Gasteiger partial charge in [-0.15, -0.1) is 0 Å². The standard InChI is InChI=1S/C6H8O4/c1-6-3-8-2-4(6)9-5(7)10-6/h4H,2-3H2,1H3/t4-,6+/m0/s1. The lowest BCUT2D eigenvalue weighted by atomic mass is 10.0. The number of rotatable bonds is 0. The molecule has 0 radical (unpaired) electrons. The third kappa shape index (κ3) is 0.623. The molecule has 0 aromatic heterocycles. The fourth-order valence-electron chi connectivity index (χ4n) is 1.22. The Hall–Kier alpha value is -0.770. The van der Waals surface area contributed by atoms with E-state index in [0.29, 0.717) is 13.2 Å². The molecule has 2 rings (SSSR count). The van der Waals surface area contributed by atoms with Crippen LogP contribution in [0.4, 0.5) is 4.79 Å². The zero-order chi connectivity index (χ0) is 7.19. The monoisotopic (exact) mass is 144 g/mol. The predicted molar refractivity (Wildman–Crippen MR) is 30.6 cm³/mol. The summed E-state index contributed by atoms with van der Waals surface area (Å²) >= 11 is 0. The molecule has 2 heterocycles. The van der Waals surface area contributed by atoms with Crippen LogP contribution < -0.4 is 0 Å². The molecule has 0 N–H and O–H groups in total. The van der Waals surface area contributed by atoms with Crippen molar-refractivity contribution in [3.63, 3.8) is 0 Å². The van der Waals surface area contributed by atoms with E-state index in [4.69, 9.17) is 14.2 Å². The molecule has 2 aliphatic rings. The predicted octanol–water partition coefficient (Wildman–Crippen LogP) is 0.311. The Kier molecular flexibility index (Phi) is 0.976. The van der Waals surface area contributed by atoms with Gasteiger partial charge in [0, 0.05) is 0 Å². The van der Waals surface area contributed by atoms with Gasteiger partial charge >= 0.3 is 6.16 Å². The number of ether oxygens (including phenoxy) is 3. The number of carbonyl (C=O) groups is 1. The minimum atomic E-state index is -0.573. The molecule has 2 saturated heterocycles. The molecule has 0 aromatic rings. The Labute approximate surface area is 58.1 Å². The number of fused-ring (bicyclic) bond motifs is 1. The molecule has 0 unspecified atom stereocenters. The van der Waals surface area contributed by atoms with E-state index in [0.717, 1.165) is 0 Å². The summed E-state index contributed by atoms with van der Waals surface area (Å²) in [7, 11) is 0. The summed E-state index contributed by atoms with van der Waals surface area (Å²) in [5.74, 6) is 0. The number of hydrogen-bond acceptors (Lipinski definition) is 4. The minimum absolute atomic E-state index is 0.194. The largest absolute Gasteiger partial charge is 0.509 e. The summed E-state index contributed by atoms with van der Waals surface area (Å²) in [6.45, 7) is 2.72. The van der Waals surface area contributed by atoms with Gasteiger partial charge in [0.25, 0.3) is 0 Å². The van der Waals surface area contributed by atoms with Crippen LogP contribution in [0.2, 0.25) is 0 Å². The van der Waals surface area contributed by atoms with Crippen molar-refractivity contribution in [2.24, 2.45) is 0 Å². The highest BCUT2D eigenvalue weighted by Crippen LogP contribution is 2.31. The van der Waals surface area contributed by atoms with Crippen molar-refractivity contribution < 1.29 is 19.0 Å². The SMILES string of the molecule is C[C@@]12COC[C@@H]1OC(=O)O2. The summed E-state index contributed by atoms with van der Waals surface area (Å²) in [4.78, 5) is 10.6. The van der Waals surface area contributed by atoms with Crippen LogP contribution in [0.1, 0.15) is 6.92 Å². The van der Waals surface area contributed by atoms with Crippen LogP contribution >= 0.6 is 0 Å². The summed E-state index contributed by atoms with van der Waals surface area (Å²) < 4.78 is 14.7. The summed E-state index contributed by atoms with van der Waals surface area (Å²) in [6, 6.07) is 0. The van der Waals surface area contributed by atoms with Crippen molar-refractivity contribution in [2.75, 3.05) is 13.2 Å². The molecule has 2 atom stereocenters. The maximum Gasteiger partial charge on any atom is 0.509 e. The highest BCUT2D eigenvalue weighted by atomic mass is 16.8. The van der Waals surface area contributed by atoms with E-state index < -0.39 is 11.8 Å². The highest BCUT2D eigenvalue weighted by molar-refractivity contribution is 5.63. The topological polar surface area (TPSA) is 44.8 Å².